The molecule has 0 aromatic carbocycles. The van der Waals surface area contributed by atoms with E-state index in [1.165, 1.54) is 25.3 Å². The molecule has 0 amide bonds. The van der Waals surface area contributed by atoms with Crippen molar-refractivity contribution in [3.8, 4) is 0 Å². The predicted molar refractivity (Wildman–Crippen MR) is 56.0 cm³/mol. The van der Waals surface area contributed by atoms with E-state index in [9.17, 15) is 0 Å². The molecule has 15 heavy (non-hydrogen) atoms. The number of hydrogen-bond acceptors (Lipinski definition) is 2. The summed E-state index contributed by atoms with van der Waals surface area (Å²) >= 11 is -0.988. The molecule has 0 N–H and O–H groups in total. The predicted octanol–water partition coefficient (Wildman–Crippen LogP) is 2.32. The Labute approximate surface area is 98.6 Å². The molecule has 0 aromatic heterocycles. The van der Waals surface area contributed by atoms with Crippen molar-refractivity contribution < 1.29 is 27.2 Å². The van der Waals surface area contributed by atoms with Gasteiger partial charge in [-0.1, -0.05) is 33.1 Å². The summed E-state index contributed by atoms with van der Waals surface area (Å²) in [6, 6.07) is 0. The van der Waals surface area contributed by atoms with Gasteiger partial charge in [0.1, 0.15) is 0 Å². The second-order valence-electron chi connectivity index (χ2n) is 3.83. The molecule has 0 spiro atoms. The van der Waals surface area contributed by atoms with E-state index in [0.29, 0.717) is 0 Å². The average Bonchev–Trinajstić information content (AvgIpc) is 2.32. The van der Waals surface area contributed by atoms with E-state index in [4.69, 9.17) is 9.59 Å². The Balaban J connectivity index is 0.000000336. The zero-order valence-corrected chi connectivity index (χ0v) is 11.9. The summed E-state index contributed by atoms with van der Waals surface area (Å²) in [4.78, 5) is 18.1. The van der Waals surface area contributed by atoms with Crippen LogP contribution in [0.3, 0.4) is 0 Å². The summed E-state index contributed by atoms with van der Waals surface area (Å²) in [6.07, 6.45) is 3.44. The van der Waals surface area contributed by atoms with Crippen LogP contribution in [0, 0.1) is 11.5 Å². The van der Waals surface area contributed by atoms with E-state index >= 15 is 0 Å². The van der Waals surface area contributed by atoms with Gasteiger partial charge in [0.25, 0.3) is 0 Å². The Morgan fingerprint density at radius 3 is 1.67 bits per heavy atom. The van der Waals surface area contributed by atoms with Crippen molar-refractivity contribution in [2.45, 2.75) is 34.6 Å². The van der Waals surface area contributed by atoms with E-state index in [1.807, 2.05) is 0 Å². The first-order chi connectivity index (χ1) is 6.86. The molecule has 0 fully saturated rings. The second kappa shape index (κ2) is 6.03. The van der Waals surface area contributed by atoms with Gasteiger partial charge in [0.2, 0.25) is 0 Å². The van der Waals surface area contributed by atoms with Gasteiger partial charge in [-0.3, -0.25) is 6.08 Å². The summed E-state index contributed by atoms with van der Waals surface area (Å²) < 4.78 is 2.91. The molecule has 86 valence electrons. The first kappa shape index (κ1) is 14.3. The zero-order valence-electron chi connectivity index (χ0n) is 9.63. The third-order valence-electron chi connectivity index (χ3n) is 2.63. The summed E-state index contributed by atoms with van der Waals surface area (Å²) in [7, 11) is 0. The summed E-state index contributed by atoms with van der Waals surface area (Å²) in [5.74, 6) is 0. The van der Waals surface area contributed by atoms with Gasteiger partial charge < -0.3 is 0 Å². The number of rotatable bonds is 0. The van der Waals surface area contributed by atoms with Gasteiger partial charge in [-0.25, -0.2) is 5.57 Å². The van der Waals surface area contributed by atoms with Gasteiger partial charge in [-0.2, -0.15) is 11.1 Å². The fourth-order valence-electron chi connectivity index (χ4n) is 1.42. The van der Waals surface area contributed by atoms with Crippen LogP contribution in [0.25, 0.3) is 0 Å². The third-order valence-corrected chi connectivity index (χ3v) is 3.09. The molecule has 1 aliphatic carbocycles. The maximum absolute atomic E-state index is 9.07. The molecule has 3 heteroatoms. The zero-order chi connectivity index (χ0) is 12.1. The summed E-state index contributed by atoms with van der Waals surface area (Å²) in [5.41, 5.74) is 4.39. The molecule has 0 bridgehead atoms. The first-order valence-corrected chi connectivity index (χ1v) is 6.75. The molecule has 0 radical (unpaired) electrons. The van der Waals surface area contributed by atoms with Crippen molar-refractivity contribution in [3.05, 3.63) is 22.8 Å². The Hall–Kier alpha value is -0.672. The topological polar surface area (TPSA) is 34.1 Å². The van der Waals surface area contributed by atoms with Crippen LogP contribution in [0.2, 0.25) is 0 Å². The van der Waals surface area contributed by atoms with Crippen molar-refractivity contribution in [1.29, 1.82) is 0 Å². The molecule has 0 unspecified atom stereocenters. The van der Waals surface area contributed by atoms with Crippen LogP contribution in [0.15, 0.2) is 16.7 Å². The molecule has 0 saturated heterocycles. The van der Waals surface area contributed by atoms with Crippen molar-refractivity contribution in [2.24, 2.45) is 5.41 Å². The van der Waals surface area contributed by atoms with Crippen LogP contribution in [-0.2, 0) is 27.2 Å². The molecule has 1 aliphatic rings. The van der Waals surface area contributed by atoms with E-state index < -0.39 is 17.6 Å². The Morgan fingerprint density at radius 1 is 1.13 bits per heavy atom. The molecule has 0 saturated carbocycles. The maximum atomic E-state index is 9.07. The Bertz CT molecular complexity index is 399. The SMILES string of the molecule is CC1=[C-]C(C)(C)C(C)=C1C.O=[C]=[Pt]=[C]=O. The molecule has 0 aliphatic heterocycles. The van der Waals surface area contributed by atoms with Crippen LogP contribution >= 0.6 is 0 Å². The molecule has 1 rings (SSSR count). The number of carbonyl (C=O) groups excluding carboxylic acids is 2. The fraction of sp³-hybridized carbons (Fsp3) is 0.500. The molecule has 0 atom stereocenters. The minimum atomic E-state index is -0.988. The molecular formula is C12H15O2Pt-. The van der Waals surface area contributed by atoms with Crippen molar-refractivity contribution >= 4 is 8.53 Å². The van der Waals surface area contributed by atoms with Crippen LogP contribution < -0.4 is 0 Å². The Kier molecular flexibility index (Phi) is 5.76. The molecule has 0 heterocycles. The van der Waals surface area contributed by atoms with E-state index in [1.54, 1.807) is 0 Å². The summed E-state index contributed by atoms with van der Waals surface area (Å²) in [6.45, 7) is 10.9. The normalized spacial score (nSPS) is 17.5. The molecule has 2 nitrogen and oxygen atoms in total. The fourth-order valence-corrected chi connectivity index (χ4v) is 1.51. The minimum absolute atomic E-state index is 0.189. The van der Waals surface area contributed by atoms with Gasteiger partial charge in [0.15, 0.2) is 0 Å². The van der Waals surface area contributed by atoms with E-state index in [-0.39, 0.29) is 5.41 Å². The summed E-state index contributed by atoms with van der Waals surface area (Å²) in [5, 5.41) is 0. The van der Waals surface area contributed by atoms with Gasteiger partial charge in [-0.15, -0.1) is 6.92 Å². The third kappa shape index (κ3) is 4.14. The van der Waals surface area contributed by atoms with Gasteiger partial charge in [-0.05, 0) is 0 Å². The number of allylic oxidation sites excluding steroid dienone is 4. The first-order valence-electron chi connectivity index (χ1n) is 4.47. The number of hydrogen-bond donors (Lipinski definition) is 0. The van der Waals surface area contributed by atoms with Crippen LogP contribution in [0.5, 0.6) is 0 Å². The van der Waals surface area contributed by atoms with Crippen molar-refractivity contribution in [2.75, 3.05) is 0 Å². The van der Waals surface area contributed by atoms with Crippen molar-refractivity contribution in [3.63, 3.8) is 0 Å². The van der Waals surface area contributed by atoms with Crippen LogP contribution in [0.1, 0.15) is 34.6 Å². The van der Waals surface area contributed by atoms with E-state index in [0.717, 1.165) is 0 Å². The Morgan fingerprint density at radius 2 is 1.60 bits per heavy atom. The second-order valence-corrected chi connectivity index (χ2v) is 5.33. The standard InChI is InChI=1S/C10H15.2CO.Pt/c1-7-6-10(4,5)9(3)8(7)2;2*1-2;/h1-5H3;;;/q-1;;;. The monoisotopic (exact) mass is 386 g/mol. The van der Waals surface area contributed by atoms with Crippen LogP contribution in [-0.4, -0.2) is 8.53 Å². The van der Waals surface area contributed by atoms with Gasteiger partial charge >= 0.3 is 35.8 Å². The van der Waals surface area contributed by atoms with E-state index in [2.05, 4.69) is 40.7 Å². The molecular weight excluding hydrogens is 371 g/mol. The van der Waals surface area contributed by atoms with Crippen LogP contribution in [0.4, 0.5) is 0 Å². The van der Waals surface area contributed by atoms with Gasteiger partial charge in [0, 0.05) is 0 Å². The molecule has 0 aromatic rings. The van der Waals surface area contributed by atoms with Gasteiger partial charge in [0.05, 0.1) is 0 Å². The van der Waals surface area contributed by atoms with Crippen molar-refractivity contribution in [1.82, 2.24) is 0 Å². The average molecular weight is 386 g/mol. The quantitative estimate of drug-likeness (QED) is 0.599.